The number of rotatable bonds is 4. The second-order valence-electron chi connectivity index (χ2n) is 3.98. The minimum absolute atomic E-state index is 0.0463. The highest BCUT2D eigenvalue weighted by molar-refractivity contribution is 7.10. The number of hydrogen-bond acceptors (Lipinski definition) is 3. The van der Waals surface area contributed by atoms with Gasteiger partial charge in [-0.15, -0.1) is 11.3 Å². The van der Waals surface area contributed by atoms with Gasteiger partial charge in [-0.3, -0.25) is 4.79 Å². The van der Waals surface area contributed by atoms with Gasteiger partial charge in [0, 0.05) is 11.3 Å². The van der Waals surface area contributed by atoms with Crippen LogP contribution in [-0.2, 0) is 11.2 Å². The van der Waals surface area contributed by atoms with Crippen LogP contribution in [0.15, 0.2) is 17.5 Å². The van der Waals surface area contributed by atoms with Crippen LogP contribution in [0.1, 0.15) is 25.6 Å². The van der Waals surface area contributed by atoms with E-state index in [-0.39, 0.29) is 11.7 Å². The summed E-state index contributed by atoms with van der Waals surface area (Å²) in [7, 11) is 0. The fourth-order valence-electron chi connectivity index (χ4n) is 1.07. The van der Waals surface area contributed by atoms with Gasteiger partial charge in [0.15, 0.2) is 5.78 Å². The molecule has 3 heteroatoms. The Kier molecular flexibility index (Phi) is 3.45. The van der Waals surface area contributed by atoms with Crippen LogP contribution in [0.5, 0.6) is 0 Å². The molecule has 1 atom stereocenters. The summed E-state index contributed by atoms with van der Waals surface area (Å²) >= 11 is 1.55. The van der Waals surface area contributed by atoms with Crippen molar-refractivity contribution in [3.05, 3.63) is 22.4 Å². The van der Waals surface area contributed by atoms with E-state index in [0.717, 1.165) is 4.88 Å². The zero-order valence-corrected chi connectivity index (χ0v) is 9.60. The van der Waals surface area contributed by atoms with Crippen LogP contribution in [0.25, 0.3) is 0 Å². The number of carbonyl (C=O) groups excluding carboxylic acids is 1. The van der Waals surface area contributed by atoms with Crippen LogP contribution in [0, 0.1) is 5.92 Å². The van der Waals surface area contributed by atoms with E-state index in [1.165, 1.54) is 0 Å². The third-order valence-corrected chi connectivity index (χ3v) is 3.48. The number of thiophene rings is 1. The van der Waals surface area contributed by atoms with Crippen molar-refractivity contribution in [3.8, 4) is 0 Å². The van der Waals surface area contributed by atoms with Gasteiger partial charge in [-0.05, 0) is 24.3 Å². The monoisotopic (exact) mass is 212 g/mol. The minimum atomic E-state index is -1.20. The molecule has 0 bridgehead atoms. The highest BCUT2D eigenvalue weighted by Gasteiger charge is 2.33. The van der Waals surface area contributed by atoms with E-state index in [2.05, 4.69) is 0 Å². The summed E-state index contributed by atoms with van der Waals surface area (Å²) in [4.78, 5) is 12.7. The van der Waals surface area contributed by atoms with Crippen molar-refractivity contribution in [2.75, 3.05) is 0 Å². The van der Waals surface area contributed by atoms with Gasteiger partial charge in [-0.25, -0.2) is 0 Å². The quantitative estimate of drug-likeness (QED) is 0.831. The van der Waals surface area contributed by atoms with Gasteiger partial charge in [-0.1, -0.05) is 19.9 Å². The number of hydrogen-bond donors (Lipinski definition) is 1. The SMILES string of the molecule is CC(C)[C@](C)(O)C(=O)Cc1cccs1. The molecule has 0 unspecified atom stereocenters. The Morgan fingerprint density at radius 2 is 2.29 bits per heavy atom. The van der Waals surface area contributed by atoms with Gasteiger partial charge in [0.05, 0.1) is 0 Å². The molecule has 1 aromatic rings. The Hall–Kier alpha value is -0.670. The molecule has 14 heavy (non-hydrogen) atoms. The van der Waals surface area contributed by atoms with Crippen molar-refractivity contribution in [2.45, 2.75) is 32.8 Å². The Bertz CT molecular complexity index is 299. The first kappa shape index (κ1) is 11.4. The molecule has 0 aliphatic carbocycles. The summed E-state index contributed by atoms with van der Waals surface area (Å²) in [6.45, 7) is 5.30. The average molecular weight is 212 g/mol. The van der Waals surface area contributed by atoms with E-state index in [4.69, 9.17) is 0 Å². The normalized spacial score (nSPS) is 15.5. The maximum atomic E-state index is 11.7. The number of aliphatic hydroxyl groups is 1. The second kappa shape index (κ2) is 4.24. The molecule has 0 aromatic carbocycles. The van der Waals surface area contributed by atoms with Crippen molar-refractivity contribution < 1.29 is 9.90 Å². The van der Waals surface area contributed by atoms with Crippen LogP contribution < -0.4 is 0 Å². The standard InChI is InChI=1S/C11H16O2S/c1-8(2)11(3,13)10(12)7-9-5-4-6-14-9/h4-6,8,13H,7H2,1-3H3/t11-/m0/s1. The van der Waals surface area contributed by atoms with Crippen LogP contribution in [0.4, 0.5) is 0 Å². The molecule has 0 spiro atoms. The highest BCUT2D eigenvalue weighted by atomic mass is 32.1. The topological polar surface area (TPSA) is 37.3 Å². The van der Waals surface area contributed by atoms with Crippen LogP contribution in [0.2, 0.25) is 0 Å². The maximum absolute atomic E-state index is 11.7. The van der Waals surface area contributed by atoms with Crippen LogP contribution >= 0.6 is 11.3 Å². The Morgan fingerprint density at radius 3 is 2.71 bits per heavy atom. The fraction of sp³-hybridized carbons (Fsp3) is 0.545. The molecule has 0 saturated heterocycles. The van der Waals surface area contributed by atoms with E-state index < -0.39 is 5.60 Å². The third kappa shape index (κ3) is 2.42. The molecule has 1 heterocycles. The molecule has 1 aromatic heterocycles. The summed E-state index contributed by atoms with van der Waals surface area (Å²) in [5.74, 6) is -0.148. The van der Waals surface area contributed by atoms with Crippen LogP contribution in [0.3, 0.4) is 0 Å². The highest BCUT2D eigenvalue weighted by Crippen LogP contribution is 2.20. The molecule has 2 nitrogen and oxygen atoms in total. The number of Topliss-reactive ketones (excluding diaryl/α,β-unsaturated/α-hetero) is 1. The van der Waals surface area contributed by atoms with Crippen molar-refractivity contribution in [1.82, 2.24) is 0 Å². The fourth-order valence-corrected chi connectivity index (χ4v) is 1.78. The first-order valence-corrected chi connectivity index (χ1v) is 5.60. The molecule has 0 radical (unpaired) electrons. The Labute approximate surface area is 88.6 Å². The van der Waals surface area contributed by atoms with Gasteiger partial charge in [0.25, 0.3) is 0 Å². The minimum Gasteiger partial charge on any atom is -0.382 e. The van der Waals surface area contributed by atoms with Gasteiger partial charge in [-0.2, -0.15) is 0 Å². The Balaban J connectivity index is 2.67. The van der Waals surface area contributed by atoms with E-state index in [1.807, 2.05) is 31.4 Å². The molecule has 0 aliphatic heterocycles. The van der Waals surface area contributed by atoms with Crippen LogP contribution in [-0.4, -0.2) is 16.5 Å². The van der Waals surface area contributed by atoms with Gasteiger partial charge in [0.2, 0.25) is 0 Å². The summed E-state index contributed by atoms with van der Waals surface area (Å²) in [6.07, 6.45) is 0.336. The summed E-state index contributed by atoms with van der Waals surface area (Å²) in [6, 6.07) is 3.83. The molecule has 0 aliphatic rings. The van der Waals surface area contributed by atoms with E-state index in [9.17, 15) is 9.90 Å². The smallest absolute Gasteiger partial charge is 0.169 e. The molecule has 0 fully saturated rings. The van der Waals surface area contributed by atoms with Crippen molar-refractivity contribution in [3.63, 3.8) is 0 Å². The average Bonchev–Trinajstić information content (AvgIpc) is 2.56. The number of ketones is 1. The molecule has 1 N–H and O–H groups in total. The Morgan fingerprint density at radius 1 is 1.64 bits per heavy atom. The third-order valence-electron chi connectivity index (χ3n) is 2.60. The summed E-state index contributed by atoms with van der Waals surface area (Å²) in [5.41, 5.74) is -1.20. The zero-order chi connectivity index (χ0) is 10.8. The lowest BCUT2D eigenvalue weighted by Gasteiger charge is -2.25. The van der Waals surface area contributed by atoms with Crippen molar-refractivity contribution in [2.24, 2.45) is 5.92 Å². The van der Waals surface area contributed by atoms with Crippen molar-refractivity contribution >= 4 is 17.1 Å². The number of carbonyl (C=O) groups is 1. The lowest BCUT2D eigenvalue weighted by molar-refractivity contribution is -0.139. The van der Waals surface area contributed by atoms with E-state index in [1.54, 1.807) is 18.3 Å². The van der Waals surface area contributed by atoms with Gasteiger partial charge >= 0.3 is 0 Å². The second-order valence-corrected chi connectivity index (χ2v) is 5.01. The van der Waals surface area contributed by atoms with Gasteiger partial charge in [0.1, 0.15) is 5.60 Å². The zero-order valence-electron chi connectivity index (χ0n) is 8.78. The lowest BCUT2D eigenvalue weighted by Crippen LogP contribution is -2.41. The lowest BCUT2D eigenvalue weighted by atomic mass is 9.86. The van der Waals surface area contributed by atoms with Gasteiger partial charge < -0.3 is 5.11 Å². The molecule has 0 amide bonds. The predicted molar refractivity (Wildman–Crippen MR) is 58.5 cm³/mol. The molecule has 0 saturated carbocycles. The molecular weight excluding hydrogens is 196 g/mol. The predicted octanol–water partition coefficient (Wildman–Crippen LogP) is 2.27. The van der Waals surface area contributed by atoms with Crippen molar-refractivity contribution in [1.29, 1.82) is 0 Å². The molecular formula is C11H16O2S. The largest absolute Gasteiger partial charge is 0.382 e. The molecule has 78 valence electrons. The van der Waals surface area contributed by atoms with E-state index >= 15 is 0 Å². The van der Waals surface area contributed by atoms with E-state index in [0.29, 0.717) is 6.42 Å². The summed E-state index contributed by atoms with van der Waals surface area (Å²) < 4.78 is 0. The molecule has 1 rings (SSSR count). The maximum Gasteiger partial charge on any atom is 0.169 e. The first-order valence-electron chi connectivity index (χ1n) is 4.72. The first-order chi connectivity index (χ1) is 6.44. The summed E-state index contributed by atoms with van der Waals surface area (Å²) in [5, 5.41) is 11.9.